The molecule has 4 nitrogen and oxygen atoms in total. The average molecular weight is 333 g/mol. The van der Waals surface area contributed by atoms with Crippen LogP contribution in [0.1, 0.15) is 41.4 Å². The van der Waals surface area contributed by atoms with Gasteiger partial charge < -0.3 is 9.84 Å². The van der Waals surface area contributed by atoms with Crippen molar-refractivity contribution in [2.45, 2.75) is 25.4 Å². The zero-order valence-corrected chi connectivity index (χ0v) is 14.4. The van der Waals surface area contributed by atoms with E-state index in [1.54, 1.807) is 7.11 Å². The van der Waals surface area contributed by atoms with E-state index in [1.165, 1.54) is 0 Å². The average Bonchev–Trinajstić information content (AvgIpc) is 2.60. The smallest absolute Gasteiger partial charge is 0.336 e. The van der Waals surface area contributed by atoms with E-state index >= 15 is 0 Å². The van der Waals surface area contributed by atoms with E-state index in [1.807, 2.05) is 42.5 Å². The third-order valence-electron chi connectivity index (χ3n) is 5.17. The van der Waals surface area contributed by atoms with Crippen LogP contribution < -0.4 is 0 Å². The molecule has 1 aliphatic rings. The number of benzene rings is 2. The molecule has 1 aromatic heterocycles. The molecular weight excluding hydrogens is 314 g/mol. The monoisotopic (exact) mass is 333 g/mol. The van der Waals surface area contributed by atoms with E-state index in [2.05, 4.69) is 19.9 Å². The minimum absolute atomic E-state index is 0.287. The maximum atomic E-state index is 12.2. The van der Waals surface area contributed by atoms with Gasteiger partial charge in [-0.25, -0.2) is 9.78 Å². The summed E-state index contributed by atoms with van der Waals surface area (Å²) in [6.45, 7) is 4.17. The first kappa shape index (κ1) is 15.8. The molecule has 1 unspecified atom stereocenters. The van der Waals surface area contributed by atoms with Gasteiger partial charge in [-0.2, -0.15) is 0 Å². The number of carboxylic acid groups (broad SMARTS) is 1. The second kappa shape index (κ2) is 5.39. The first-order valence-electron chi connectivity index (χ1n) is 8.25. The van der Waals surface area contributed by atoms with E-state index in [0.717, 1.165) is 11.1 Å². The van der Waals surface area contributed by atoms with Crippen molar-refractivity contribution in [3.8, 4) is 11.3 Å². The summed E-state index contributed by atoms with van der Waals surface area (Å²) in [5, 5.41) is 10.6. The zero-order chi connectivity index (χ0) is 17.8. The number of fused-ring (bicyclic) bond motifs is 4. The summed E-state index contributed by atoms with van der Waals surface area (Å²) in [4.78, 5) is 17.0. The molecule has 0 amide bonds. The third-order valence-corrected chi connectivity index (χ3v) is 5.17. The van der Waals surface area contributed by atoms with Crippen molar-refractivity contribution in [2.24, 2.45) is 0 Å². The van der Waals surface area contributed by atoms with Gasteiger partial charge in [0.15, 0.2) is 0 Å². The van der Waals surface area contributed by atoms with Crippen LogP contribution in [0.25, 0.3) is 22.2 Å². The number of pyridine rings is 1. The lowest BCUT2D eigenvalue weighted by atomic mass is 9.68. The number of aromatic carboxylic acids is 1. The van der Waals surface area contributed by atoms with Crippen LogP contribution in [0.3, 0.4) is 0 Å². The molecular formula is C21H19NO3. The predicted molar refractivity (Wildman–Crippen MR) is 96.9 cm³/mol. The van der Waals surface area contributed by atoms with Gasteiger partial charge >= 0.3 is 5.97 Å². The number of carboxylic acids is 1. The molecule has 25 heavy (non-hydrogen) atoms. The molecule has 0 bridgehead atoms. The Morgan fingerprint density at radius 2 is 1.80 bits per heavy atom. The number of aromatic nitrogens is 1. The minimum atomic E-state index is -0.952. The van der Waals surface area contributed by atoms with Gasteiger partial charge in [-0.05, 0) is 11.6 Å². The molecule has 1 atom stereocenters. The molecule has 0 aliphatic heterocycles. The Balaban J connectivity index is 2.22. The Bertz CT molecular complexity index is 1010. The number of hydrogen-bond acceptors (Lipinski definition) is 3. The zero-order valence-electron chi connectivity index (χ0n) is 14.4. The number of methoxy groups -OCH3 is 1. The van der Waals surface area contributed by atoms with Crippen LogP contribution in [-0.2, 0) is 10.2 Å². The highest BCUT2D eigenvalue weighted by molar-refractivity contribution is 6.06. The van der Waals surface area contributed by atoms with Gasteiger partial charge in [0.2, 0.25) is 0 Å². The maximum Gasteiger partial charge on any atom is 0.336 e. The fourth-order valence-corrected chi connectivity index (χ4v) is 4.08. The van der Waals surface area contributed by atoms with E-state index in [9.17, 15) is 9.90 Å². The van der Waals surface area contributed by atoms with Crippen molar-refractivity contribution in [1.82, 2.24) is 4.98 Å². The second-order valence-corrected chi connectivity index (χ2v) is 6.95. The Morgan fingerprint density at radius 3 is 2.52 bits per heavy atom. The lowest BCUT2D eigenvalue weighted by molar-refractivity contribution is 0.0410. The van der Waals surface area contributed by atoms with Gasteiger partial charge in [-0.15, -0.1) is 0 Å². The number of carbonyl (C=O) groups is 1. The van der Waals surface area contributed by atoms with Crippen molar-refractivity contribution < 1.29 is 14.6 Å². The molecule has 2 aromatic carbocycles. The normalized spacial score (nSPS) is 17.8. The van der Waals surface area contributed by atoms with E-state index in [4.69, 9.17) is 9.72 Å². The summed E-state index contributed by atoms with van der Waals surface area (Å²) in [6.07, 6.45) is -0.388. The Hall–Kier alpha value is -2.72. The van der Waals surface area contributed by atoms with Gasteiger partial charge in [-0.3, -0.25) is 0 Å². The minimum Gasteiger partial charge on any atom is -0.478 e. The van der Waals surface area contributed by atoms with Crippen molar-refractivity contribution >= 4 is 16.9 Å². The van der Waals surface area contributed by atoms with Crippen LogP contribution in [0.2, 0.25) is 0 Å². The van der Waals surface area contributed by atoms with Gasteiger partial charge in [-0.1, -0.05) is 56.3 Å². The van der Waals surface area contributed by atoms with Crippen LogP contribution >= 0.6 is 0 Å². The van der Waals surface area contributed by atoms with Crippen LogP contribution in [-0.4, -0.2) is 23.2 Å². The highest BCUT2D eigenvalue weighted by Crippen LogP contribution is 2.51. The molecule has 0 fully saturated rings. The molecule has 0 saturated carbocycles. The summed E-state index contributed by atoms with van der Waals surface area (Å²) in [6, 6.07) is 15.4. The first-order valence-corrected chi connectivity index (χ1v) is 8.25. The third kappa shape index (κ3) is 2.11. The van der Waals surface area contributed by atoms with Crippen molar-refractivity contribution in [3.63, 3.8) is 0 Å². The maximum absolute atomic E-state index is 12.2. The fourth-order valence-electron chi connectivity index (χ4n) is 4.08. The highest BCUT2D eigenvalue weighted by Gasteiger charge is 2.43. The second-order valence-electron chi connectivity index (χ2n) is 6.95. The lowest BCUT2D eigenvalue weighted by Crippen LogP contribution is -2.34. The summed E-state index contributed by atoms with van der Waals surface area (Å²) in [5.41, 5.74) is 4.07. The molecule has 126 valence electrons. The quantitative estimate of drug-likeness (QED) is 0.746. The SMILES string of the molecule is COC1c2c(nc3ccccc3c2C(=O)O)-c2ccccc2C1(C)C. The number of rotatable bonds is 2. The molecule has 4 heteroatoms. The molecule has 0 radical (unpaired) electrons. The van der Waals surface area contributed by atoms with Crippen molar-refractivity contribution in [2.75, 3.05) is 7.11 Å². The largest absolute Gasteiger partial charge is 0.478 e. The van der Waals surface area contributed by atoms with Crippen molar-refractivity contribution in [3.05, 3.63) is 65.2 Å². The summed E-state index contributed by atoms with van der Waals surface area (Å²) >= 11 is 0. The molecule has 1 heterocycles. The number of nitrogens with zero attached hydrogens (tertiary/aromatic N) is 1. The fraction of sp³-hybridized carbons (Fsp3) is 0.238. The Labute approximate surface area is 146 Å². The number of hydrogen-bond donors (Lipinski definition) is 1. The summed E-state index contributed by atoms with van der Waals surface area (Å²) in [7, 11) is 1.63. The van der Waals surface area contributed by atoms with Crippen molar-refractivity contribution in [1.29, 1.82) is 0 Å². The van der Waals surface area contributed by atoms with E-state index in [-0.39, 0.29) is 17.1 Å². The van der Waals surface area contributed by atoms with Gasteiger partial charge in [0.05, 0.1) is 22.9 Å². The van der Waals surface area contributed by atoms with E-state index in [0.29, 0.717) is 22.2 Å². The van der Waals surface area contributed by atoms with Crippen LogP contribution in [0.4, 0.5) is 0 Å². The molecule has 0 spiro atoms. The molecule has 1 N–H and O–H groups in total. The van der Waals surface area contributed by atoms with Crippen LogP contribution in [0.5, 0.6) is 0 Å². The molecule has 0 saturated heterocycles. The first-order chi connectivity index (χ1) is 12.0. The van der Waals surface area contributed by atoms with Gasteiger partial charge in [0.25, 0.3) is 0 Å². The highest BCUT2D eigenvalue weighted by atomic mass is 16.5. The number of para-hydroxylation sites is 1. The number of ether oxygens (including phenoxy) is 1. The topological polar surface area (TPSA) is 59.4 Å². The molecule has 1 aliphatic carbocycles. The lowest BCUT2D eigenvalue weighted by Gasteiger charge is -2.41. The van der Waals surface area contributed by atoms with Crippen LogP contribution in [0, 0.1) is 0 Å². The Kier molecular flexibility index (Phi) is 3.41. The predicted octanol–water partition coefficient (Wildman–Crippen LogP) is 4.58. The van der Waals surface area contributed by atoms with Gasteiger partial charge in [0.1, 0.15) is 0 Å². The van der Waals surface area contributed by atoms with Crippen LogP contribution in [0.15, 0.2) is 48.5 Å². The standard InChI is InChI=1S/C21H19NO3/c1-21(2)14-10-6-4-8-12(14)18-17(19(21)25-3)16(20(23)24)13-9-5-7-11-15(13)22-18/h4-11,19H,1-3H3,(H,23,24). The summed E-state index contributed by atoms with van der Waals surface area (Å²) < 4.78 is 5.83. The van der Waals surface area contributed by atoms with Gasteiger partial charge in [0, 0.05) is 29.0 Å². The van der Waals surface area contributed by atoms with E-state index < -0.39 is 5.97 Å². The molecule has 4 rings (SSSR count). The Morgan fingerprint density at radius 1 is 1.12 bits per heavy atom. The summed E-state index contributed by atoms with van der Waals surface area (Å²) in [5.74, 6) is -0.952. The molecule has 3 aromatic rings.